The lowest BCUT2D eigenvalue weighted by Crippen LogP contribution is -2.12. The Bertz CT molecular complexity index is 920. The number of esters is 1. The Labute approximate surface area is 160 Å². The molecule has 4 nitrogen and oxygen atoms in total. The summed E-state index contributed by atoms with van der Waals surface area (Å²) in [5.74, 6) is -0.747. The van der Waals surface area contributed by atoms with E-state index in [-0.39, 0.29) is 17.9 Å². The third-order valence-electron chi connectivity index (χ3n) is 3.54. The number of rotatable bonds is 4. The number of carbonyl (C=O) groups is 1. The number of aliphatic hydroxyl groups excluding tert-OH is 1. The molecule has 0 radical (unpaired) electrons. The third-order valence-corrected chi connectivity index (χ3v) is 4.88. The van der Waals surface area contributed by atoms with Crippen LogP contribution in [0.15, 0.2) is 75.8 Å². The highest BCUT2D eigenvalue weighted by atomic mass is 35.5. The van der Waals surface area contributed by atoms with Crippen molar-refractivity contribution in [3.8, 4) is 0 Å². The van der Waals surface area contributed by atoms with Gasteiger partial charge in [-0.25, -0.2) is 9.79 Å². The van der Waals surface area contributed by atoms with Gasteiger partial charge in [-0.2, -0.15) is 0 Å². The van der Waals surface area contributed by atoms with Gasteiger partial charge in [-0.05, 0) is 30.7 Å². The summed E-state index contributed by atoms with van der Waals surface area (Å²) >= 11 is 7.37. The highest BCUT2D eigenvalue weighted by Gasteiger charge is 2.33. The van der Waals surface area contributed by atoms with Crippen molar-refractivity contribution in [3.05, 3.63) is 81.4 Å². The normalized spacial score (nSPS) is 17.2. The summed E-state index contributed by atoms with van der Waals surface area (Å²) in [5.41, 5.74) is 1.48. The van der Waals surface area contributed by atoms with Crippen LogP contribution in [-0.4, -0.2) is 22.7 Å². The van der Waals surface area contributed by atoms with E-state index in [1.807, 2.05) is 30.3 Å². The molecular weight excluding hydrogens is 370 g/mol. The summed E-state index contributed by atoms with van der Waals surface area (Å²) in [5, 5.41) is 11.4. The van der Waals surface area contributed by atoms with Crippen LogP contribution in [0.3, 0.4) is 0 Å². The lowest BCUT2D eigenvalue weighted by molar-refractivity contribution is -0.138. The molecule has 6 heteroatoms. The summed E-state index contributed by atoms with van der Waals surface area (Å²) in [7, 11) is 0. The number of para-hydroxylation sites is 1. The number of halogens is 1. The predicted molar refractivity (Wildman–Crippen MR) is 107 cm³/mol. The fourth-order valence-corrected chi connectivity index (χ4v) is 3.55. The molecule has 1 N–H and O–H groups in total. The number of benzene rings is 2. The molecule has 1 heterocycles. The summed E-state index contributed by atoms with van der Waals surface area (Å²) in [6.45, 7) is 1.92. The van der Waals surface area contributed by atoms with Gasteiger partial charge in [-0.3, -0.25) is 0 Å². The van der Waals surface area contributed by atoms with Crippen molar-refractivity contribution in [2.24, 2.45) is 4.99 Å². The van der Waals surface area contributed by atoms with E-state index in [0.29, 0.717) is 20.7 Å². The largest absolute Gasteiger partial charge is 0.506 e. The molecule has 132 valence electrons. The fraction of sp³-hybridized carbons (Fsp3) is 0.100. The van der Waals surface area contributed by atoms with E-state index in [1.54, 1.807) is 37.3 Å². The van der Waals surface area contributed by atoms with Gasteiger partial charge < -0.3 is 9.84 Å². The second-order valence-corrected chi connectivity index (χ2v) is 6.77. The maximum absolute atomic E-state index is 12.3. The molecule has 3 rings (SSSR count). The Hall–Kier alpha value is -2.50. The molecule has 0 fully saturated rings. The van der Waals surface area contributed by atoms with Crippen molar-refractivity contribution in [2.75, 3.05) is 6.61 Å². The van der Waals surface area contributed by atoms with Crippen molar-refractivity contribution < 1.29 is 14.6 Å². The van der Waals surface area contributed by atoms with Gasteiger partial charge in [0.1, 0.15) is 16.4 Å². The van der Waals surface area contributed by atoms with Crippen LogP contribution in [-0.2, 0) is 9.53 Å². The molecule has 0 spiro atoms. The van der Waals surface area contributed by atoms with Gasteiger partial charge in [-0.1, -0.05) is 65.8 Å². The van der Waals surface area contributed by atoms with Crippen molar-refractivity contribution in [3.63, 3.8) is 0 Å². The number of aliphatic hydroxyl groups is 1. The van der Waals surface area contributed by atoms with E-state index >= 15 is 0 Å². The Morgan fingerprint density at radius 1 is 1.19 bits per heavy atom. The molecular formula is C20H16ClNO3S. The first-order valence-corrected chi connectivity index (χ1v) is 9.18. The minimum Gasteiger partial charge on any atom is -0.506 e. The smallest absolute Gasteiger partial charge is 0.344 e. The summed E-state index contributed by atoms with van der Waals surface area (Å²) in [4.78, 5) is 17.4. The summed E-state index contributed by atoms with van der Waals surface area (Å²) in [6.07, 6.45) is 1.80. The Balaban J connectivity index is 2.06. The zero-order chi connectivity index (χ0) is 18.5. The maximum Gasteiger partial charge on any atom is 0.344 e. The van der Waals surface area contributed by atoms with Gasteiger partial charge in [0.25, 0.3) is 0 Å². The van der Waals surface area contributed by atoms with E-state index < -0.39 is 5.97 Å². The van der Waals surface area contributed by atoms with Crippen LogP contribution in [0.25, 0.3) is 6.08 Å². The predicted octanol–water partition coefficient (Wildman–Crippen LogP) is 5.53. The van der Waals surface area contributed by atoms with Crippen LogP contribution in [0.2, 0.25) is 5.02 Å². The second kappa shape index (κ2) is 8.25. The van der Waals surface area contributed by atoms with Gasteiger partial charge in [0.15, 0.2) is 0 Å². The van der Waals surface area contributed by atoms with Crippen molar-refractivity contribution in [1.29, 1.82) is 0 Å². The van der Waals surface area contributed by atoms with Crippen molar-refractivity contribution in [1.82, 2.24) is 0 Å². The highest BCUT2D eigenvalue weighted by molar-refractivity contribution is 8.18. The van der Waals surface area contributed by atoms with E-state index in [9.17, 15) is 9.90 Å². The second-order valence-electron chi connectivity index (χ2n) is 5.33. The summed E-state index contributed by atoms with van der Waals surface area (Å²) in [6, 6.07) is 16.6. The summed E-state index contributed by atoms with van der Waals surface area (Å²) < 4.78 is 5.08. The zero-order valence-electron chi connectivity index (χ0n) is 14.0. The lowest BCUT2D eigenvalue weighted by atomic mass is 10.1. The van der Waals surface area contributed by atoms with Crippen LogP contribution >= 0.6 is 23.4 Å². The fourth-order valence-electron chi connectivity index (χ4n) is 2.34. The van der Waals surface area contributed by atoms with Gasteiger partial charge in [0, 0.05) is 0 Å². The molecule has 2 aromatic carbocycles. The van der Waals surface area contributed by atoms with Crippen LogP contribution < -0.4 is 0 Å². The molecule has 0 saturated carbocycles. The number of hydrogen-bond donors (Lipinski definition) is 1. The maximum atomic E-state index is 12.3. The lowest BCUT2D eigenvalue weighted by Gasteiger charge is -2.04. The topological polar surface area (TPSA) is 58.9 Å². The first-order chi connectivity index (χ1) is 12.6. The molecule has 0 bridgehead atoms. The molecule has 2 aromatic rings. The first-order valence-electron chi connectivity index (χ1n) is 7.99. The monoisotopic (exact) mass is 385 g/mol. The average molecular weight is 386 g/mol. The van der Waals surface area contributed by atoms with Crippen LogP contribution in [0.4, 0.5) is 5.69 Å². The molecule has 0 atom stereocenters. The van der Waals surface area contributed by atoms with Gasteiger partial charge >= 0.3 is 5.97 Å². The number of thioether (sulfide) groups is 1. The Kier molecular flexibility index (Phi) is 5.81. The molecule has 0 saturated heterocycles. The van der Waals surface area contributed by atoms with Gasteiger partial charge in [0.2, 0.25) is 0 Å². The number of hydrogen-bond acceptors (Lipinski definition) is 5. The zero-order valence-corrected chi connectivity index (χ0v) is 15.6. The van der Waals surface area contributed by atoms with Crippen LogP contribution in [0, 0.1) is 0 Å². The molecule has 1 aliphatic heterocycles. The molecule has 26 heavy (non-hydrogen) atoms. The van der Waals surface area contributed by atoms with E-state index in [4.69, 9.17) is 16.3 Å². The SMILES string of the molecule is CCOC(=O)C1=C(O)C(=Cc2ccccc2)SC1=Nc1ccccc1Cl. The number of carbonyl (C=O) groups excluding carboxylic acids is 1. The van der Waals surface area contributed by atoms with Crippen molar-refractivity contribution in [2.45, 2.75) is 6.92 Å². The van der Waals surface area contributed by atoms with E-state index in [2.05, 4.69) is 4.99 Å². The number of ether oxygens (including phenoxy) is 1. The van der Waals surface area contributed by atoms with Crippen LogP contribution in [0.1, 0.15) is 12.5 Å². The molecule has 0 amide bonds. The van der Waals surface area contributed by atoms with Gasteiger partial charge in [-0.15, -0.1) is 0 Å². The quantitative estimate of drug-likeness (QED) is 0.702. The van der Waals surface area contributed by atoms with Crippen LogP contribution in [0.5, 0.6) is 0 Å². The van der Waals surface area contributed by atoms with E-state index in [1.165, 1.54) is 11.8 Å². The first kappa shape index (κ1) is 18.3. The van der Waals surface area contributed by atoms with E-state index in [0.717, 1.165) is 5.56 Å². The van der Waals surface area contributed by atoms with Gasteiger partial charge in [0.05, 0.1) is 22.2 Å². The Morgan fingerprint density at radius 3 is 2.58 bits per heavy atom. The average Bonchev–Trinajstić information content (AvgIpc) is 2.93. The Morgan fingerprint density at radius 2 is 1.88 bits per heavy atom. The number of nitrogens with zero attached hydrogens (tertiary/aromatic N) is 1. The molecule has 1 aliphatic rings. The minimum atomic E-state index is -0.611. The highest BCUT2D eigenvalue weighted by Crippen LogP contribution is 2.41. The molecule has 0 aromatic heterocycles. The standard InChI is InChI=1S/C20H16ClNO3S/c1-2-25-20(24)17-18(23)16(12-13-8-4-3-5-9-13)26-19(17)22-15-11-7-6-10-14(15)21/h3-12,23H,2H2,1H3. The van der Waals surface area contributed by atoms with Crippen molar-refractivity contribution >= 4 is 46.1 Å². The minimum absolute atomic E-state index is 0.0546. The molecule has 0 aliphatic carbocycles. The third kappa shape index (κ3) is 4.00. The molecule has 0 unspecified atom stereocenters. The number of aliphatic imine (C=N–C) groups is 1.